The maximum atomic E-state index is 14.1. The van der Waals surface area contributed by atoms with Gasteiger partial charge in [0.2, 0.25) is 5.91 Å². The first kappa shape index (κ1) is 39.7. The minimum atomic E-state index is -0.784. The number of rotatable bonds is 14. The Hall–Kier alpha value is -6.94. The number of carbonyl (C=O) groups excluding carboxylic acids is 4. The van der Waals surface area contributed by atoms with Crippen LogP contribution in [0.1, 0.15) is 54.5 Å². The van der Waals surface area contributed by atoms with Gasteiger partial charge in [0.05, 0.1) is 17.0 Å². The molecule has 6 aromatic rings. The number of nitriles is 1. The number of anilines is 3. The Morgan fingerprint density at radius 2 is 1.42 bits per heavy atom. The number of amides is 4. The van der Waals surface area contributed by atoms with Gasteiger partial charge in [-0.1, -0.05) is 84.9 Å². The number of hydrogen-bond donors (Lipinski definition) is 4. The topological polar surface area (TPSA) is 149 Å². The van der Waals surface area contributed by atoms with Crippen molar-refractivity contribution >= 4 is 69.2 Å². The molecule has 0 aliphatic carbocycles. The number of benzene rings is 5. The Morgan fingerprint density at radius 1 is 0.772 bits per heavy atom. The van der Waals surface area contributed by atoms with Gasteiger partial charge >= 0.3 is 0 Å². The van der Waals surface area contributed by atoms with Crippen molar-refractivity contribution in [3.05, 3.63) is 178 Å². The molecule has 4 amide bonds. The molecule has 0 fully saturated rings. The van der Waals surface area contributed by atoms with Gasteiger partial charge in [-0.2, -0.15) is 5.26 Å². The molecule has 10 nitrogen and oxygen atoms in total. The smallest absolute Gasteiger partial charge is 0.272 e. The average Bonchev–Trinajstić information content (AvgIpc) is 3.55. The highest BCUT2D eigenvalue weighted by Crippen LogP contribution is 2.39. The van der Waals surface area contributed by atoms with Gasteiger partial charge in [0, 0.05) is 21.8 Å². The predicted molar refractivity (Wildman–Crippen MR) is 226 cm³/mol. The quantitative estimate of drug-likeness (QED) is 0.0634. The lowest BCUT2D eigenvalue weighted by Crippen LogP contribution is -2.30. The van der Waals surface area contributed by atoms with Crippen molar-refractivity contribution < 1.29 is 23.9 Å². The van der Waals surface area contributed by atoms with Crippen molar-refractivity contribution in [2.24, 2.45) is 0 Å². The highest BCUT2D eigenvalue weighted by atomic mass is 32.2. The Labute approximate surface area is 338 Å². The SMILES string of the molecule is CCOc1ccc(/C=C(/NC(=O)c2ccccc2)C(=O)Nc2cccc(SC(C(=O)Nc3sc(C(=O)Nc4ccccc4)c(C)c3C#N)c3ccccc3)c2)cc1. The molecule has 57 heavy (non-hydrogen) atoms. The lowest BCUT2D eigenvalue weighted by molar-refractivity contribution is -0.116. The van der Waals surface area contributed by atoms with Gasteiger partial charge in [-0.05, 0) is 91.2 Å². The van der Waals surface area contributed by atoms with E-state index in [0.717, 1.165) is 11.3 Å². The van der Waals surface area contributed by atoms with E-state index in [2.05, 4.69) is 27.3 Å². The number of thioether (sulfide) groups is 1. The average molecular weight is 792 g/mol. The second-order valence-electron chi connectivity index (χ2n) is 12.5. The summed E-state index contributed by atoms with van der Waals surface area (Å²) in [7, 11) is 0. The van der Waals surface area contributed by atoms with Gasteiger partial charge in [-0.25, -0.2) is 0 Å². The first-order chi connectivity index (χ1) is 27.7. The molecule has 1 atom stereocenters. The summed E-state index contributed by atoms with van der Waals surface area (Å²) >= 11 is 2.29. The van der Waals surface area contributed by atoms with Crippen molar-refractivity contribution in [2.75, 3.05) is 22.6 Å². The van der Waals surface area contributed by atoms with E-state index in [1.807, 2.05) is 49.4 Å². The highest BCUT2D eigenvalue weighted by molar-refractivity contribution is 8.00. The monoisotopic (exact) mass is 791 g/mol. The Morgan fingerprint density at radius 3 is 2.09 bits per heavy atom. The number of para-hydroxylation sites is 1. The van der Waals surface area contributed by atoms with Crippen molar-refractivity contribution in [2.45, 2.75) is 24.0 Å². The molecule has 6 rings (SSSR count). The summed E-state index contributed by atoms with van der Waals surface area (Å²) in [5.74, 6) is -1.12. The largest absolute Gasteiger partial charge is 0.494 e. The zero-order valence-corrected chi connectivity index (χ0v) is 32.6. The molecule has 0 aliphatic rings. The first-order valence-corrected chi connectivity index (χ1v) is 19.6. The maximum absolute atomic E-state index is 14.1. The molecule has 0 bridgehead atoms. The zero-order valence-electron chi connectivity index (χ0n) is 30.9. The molecule has 0 radical (unpaired) electrons. The normalized spacial score (nSPS) is 11.4. The van der Waals surface area contributed by atoms with E-state index in [9.17, 15) is 24.4 Å². The molecular formula is C45H37N5O5S2. The fraction of sp³-hybridized carbons (Fsp3) is 0.0889. The fourth-order valence-corrected chi connectivity index (χ4v) is 7.80. The van der Waals surface area contributed by atoms with E-state index < -0.39 is 23.0 Å². The van der Waals surface area contributed by atoms with Gasteiger partial charge in [-0.15, -0.1) is 23.1 Å². The van der Waals surface area contributed by atoms with E-state index in [1.165, 1.54) is 11.8 Å². The lowest BCUT2D eigenvalue weighted by Gasteiger charge is -2.17. The molecule has 12 heteroatoms. The van der Waals surface area contributed by atoms with Gasteiger partial charge in [0.25, 0.3) is 17.7 Å². The summed E-state index contributed by atoms with van der Waals surface area (Å²) in [6.45, 7) is 4.08. The second-order valence-corrected chi connectivity index (χ2v) is 14.7. The minimum Gasteiger partial charge on any atom is -0.494 e. The molecular weight excluding hydrogens is 755 g/mol. The van der Waals surface area contributed by atoms with E-state index in [-0.39, 0.29) is 22.2 Å². The van der Waals surface area contributed by atoms with Crippen LogP contribution in [-0.4, -0.2) is 30.2 Å². The zero-order chi connectivity index (χ0) is 40.1. The fourth-order valence-electron chi connectivity index (χ4n) is 5.66. The third-order valence-corrected chi connectivity index (χ3v) is 10.9. The number of carbonyl (C=O) groups is 4. The number of thiophene rings is 1. The van der Waals surface area contributed by atoms with Crippen LogP contribution in [0.4, 0.5) is 16.4 Å². The summed E-state index contributed by atoms with van der Waals surface area (Å²) in [6, 6.07) is 43.1. The van der Waals surface area contributed by atoms with Crippen LogP contribution in [-0.2, 0) is 9.59 Å². The maximum Gasteiger partial charge on any atom is 0.272 e. The molecule has 5 aromatic carbocycles. The molecule has 0 saturated carbocycles. The molecule has 1 unspecified atom stereocenters. The van der Waals surface area contributed by atoms with Crippen molar-refractivity contribution in [1.82, 2.24) is 5.32 Å². The highest BCUT2D eigenvalue weighted by Gasteiger charge is 2.27. The molecule has 0 saturated heterocycles. The molecule has 1 heterocycles. The molecule has 0 aliphatic heterocycles. The summed E-state index contributed by atoms with van der Waals surface area (Å²) in [5, 5.41) is 20.9. The summed E-state index contributed by atoms with van der Waals surface area (Å²) in [5.41, 5.74) is 3.49. The second kappa shape index (κ2) is 19.1. The first-order valence-electron chi connectivity index (χ1n) is 17.9. The van der Waals surface area contributed by atoms with E-state index in [1.54, 1.807) is 110 Å². The van der Waals surface area contributed by atoms with Gasteiger partial charge < -0.3 is 26.0 Å². The van der Waals surface area contributed by atoms with Crippen LogP contribution < -0.4 is 26.0 Å². The Bertz CT molecular complexity index is 2450. The van der Waals surface area contributed by atoms with Gasteiger partial charge in [0.1, 0.15) is 27.8 Å². The van der Waals surface area contributed by atoms with Crippen molar-refractivity contribution in [3.63, 3.8) is 0 Å². The Balaban J connectivity index is 1.23. The van der Waals surface area contributed by atoms with Crippen LogP contribution in [0.25, 0.3) is 6.08 Å². The van der Waals surface area contributed by atoms with E-state index in [4.69, 9.17) is 4.74 Å². The van der Waals surface area contributed by atoms with Crippen LogP contribution >= 0.6 is 23.1 Å². The number of hydrogen-bond acceptors (Lipinski definition) is 8. The van der Waals surface area contributed by atoms with E-state index in [0.29, 0.717) is 55.8 Å². The molecule has 1 aromatic heterocycles. The summed E-state index contributed by atoms with van der Waals surface area (Å²) in [4.78, 5) is 55.3. The standard InChI is InChI=1S/C45H37N5O5S2/c1-3-55-35-24-22-30(23-25-35)26-38(49-41(51)32-16-9-5-10-17-32)42(52)48-34-20-13-21-36(27-34)56-40(31-14-7-4-8-15-31)44(54)50-45-37(28-46)29(2)39(57-45)43(53)47-33-18-11-6-12-19-33/h4-27,40H,3H2,1-2H3,(H,47,53)(H,48,52)(H,49,51)(H,50,54)/b38-26+. The minimum absolute atomic E-state index is 0.0176. The number of nitrogens with one attached hydrogen (secondary N) is 4. The molecule has 0 spiro atoms. The summed E-state index contributed by atoms with van der Waals surface area (Å²) < 4.78 is 5.55. The predicted octanol–water partition coefficient (Wildman–Crippen LogP) is 9.46. The molecule has 4 N–H and O–H groups in total. The Kier molecular flexibility index (Phi) is 13.3. The third kappa shape index (κ3) is 10.4. The summed E-state index contributed by atoms with van der Waals surface area (Å²) in [6.07, 6.45) is 1.58. The van der Waals surface area contributed by atoms with Crippen molar-refractivity contribution in [1.29, 1.82) is 5.26 Å². The van der Waals surface area contributed by atoms with Crippen molar-refractivity contribution in [3.8, 4) is 11.8 Å². The van der Waals surface area contributed by atoms with Crippen LogP contribution in [0.15, 0.2) is 150 Å². The van der Waals surface area contributed by atoms with Crippen LogP contribution in [0.3, 0.4) is 0 Å². The lowest BCUT2D eigenvalue weighted by atomic mass is 10.1. The third-order valence-electron chi connectivity index (χ3n) is 8.45. The number of ether oxygens (including phenoxy) is 1. The molecule has 284 valence electrons. The number of nitrogens with zero attached hydrogens (tertiary/aromatic N) is 1. The van der Waals surface area contributed by atoms with Gasteiger partial charge in [0.15, 0.2) is 0 Å². The van der Waals surface area contributed by atoms with Gasteiger partial charge in [-0.3, -0.25) is 19.2 Å². The van der Waals surface area contributed by atoms with E-state index >= 15 is 0 Å². The van der Waals surface area contributed by atoms with Crippen LogP contribution in [0.2, 0.25) is 0 Å². The van der Waals surface area contributed by atoms with Crippen LogP contribution in [0, 0.1) is 18.3 Å². The van der Waals surface area contributed by atoms with Crippen LogP contribution in [0.5, 0.6) is 5.75 Å².